The van der Waals surface area contributed by atoms with E-state index in [1.54, 1.807) is 42.5 Å². The summed E-state index contributed by atoms with van der Waals surface area (Å²) in [5.74, 6) is 0.582. The van der Waals surface area contributed by atoms with Crippen LogP contribution in [0.15, 0.2) is 71.5 Å². The third-order valence-electron chi connectivity index (χ3n) is 6.63. The van der Waals surface area contributed by atoms with Crippen molar-refractivity contribution in [2.45, 2.75) is 37.4 Å². The minimum Gasteiger partial charge on any atom is -0.491 e. The zero-order valence-electron chi connectivity index (χ0n) is 20.9. The van der Waals surface area contributed by atoms with Crippen molar-refractivity contribution in [3.05, 3.63) is 99.6 Å². The normalized spacial score (nSPS) is 15.8. The molecular weight excluding hydrogens is 542 g/mol. The van der Waals surface area contributed by atoms with Crippen molar-refractivity contribution >= 4 is 10.9 Å². The molecule has 1 atom stereocenters. The van der Waals surface area contributed by atoms with Crippen molar-refractivity contribution in [2.24, 2.45) is 0 Å². The Morgan fingerprint density at radius 1 is 1.00 bits per heavy atom. The Balaban J connectivity index is 1.67. The van der Waals surface area contributed by atoms with Crippen LogP contribution in [0.4, 0.5) is 26.3 Å². The lowest BCUT2D eigenvalue weighted by molar-refractivity contribution is -0.376. The molecule has 0 bridgehead atoms. The van der Waals surface area contributed by atoms with Crippen molar-refractivity contribution in [2.75, 3.05) is 13.2 Å². The number of benzene rings is 3. The van der Waals surface area contributed by atoms with E-state index in [9.17, 15) is 36.2 Å². The predicted molar refractivity (Wildman–Crippen MR) is 133 cm³/mol. The smallest absolute Gasteiger partial charge is 0.430 e. The Hall–Kier alpha value is -3.90. The highest BCUT2D eigenvalue weighted by atomic mass is 19.4. The van der Waals surface area contributed by atoms with Crippen molar-refractivity contribution in [1.29, 1.82) is 0 Å². The minimum atomic E-state index is -6.04. The Morgan fingerprint density at radius 2 is 1.68 bits per heavy atom. The highest BCUT2D eigenvalue weighted by Crippen LogP contribution is 2.50. The fourth-order valence-electron chi connectivity index (χ4n) is 4.42. The molecule has 2 heterocycles. The summed E-state index contributed by atoms with van der Waals surface area (Å²) in [6.07, 6.45) is -12.0. The summed E-state index contributed by atoms with van der Waals surface area (Å²) < 4.78 is 92.9. The third kappa shape index (κ3) is 5.04. The summed E-state index contributed by atoms with van der Waals surface area (Å²) in [6.45, 7) is 2.10. The van der Waals surface area contributed by atoms with E-state index < -0.39 is 29.1 Å². The number of hydrogen-bond donors (Lipinski definition) is 1. The number of rotatable bonds is 7. The van der Waals surface area contributed by atoms with E-state index in [4.69, 9.17) is 9.47 Å². The number of ether oxygens (including phenoxy) is 2. The van der Waals surface area contributed by atoms with E-state index in [-0.39, 0.29) is 41.6 Å². The van der Waals surface area contributed by atoms with Gasteiger partial charge >= 0.3 is 12.4 Å². The zero-order chi connectivity index (χ0) is 28.9. The number of aromatic nitrogens is 2. The van der Waals surface area contributed by atoms with Crippen LogP contribution in [0.5, 0.6) is 5.75 Å². The quantitative estimate of drug-likeness (QED) is 0.241. The molecule has 1 saturated heterocycles. The molecule has 0 saturated carbocycles. The standard InChI is InChI=1S/C28H22F6N2O4/c1-16-11-18(26(38,27(29,30)31)28(32,33)34)7-10-23(16)36-24(12-17-5-3-2-4-6-17)35-22-9-8-19(13-21(22)25(36)37)39-14-20-15-40-20/h2-11,13,20,38H,12,14-15H2,1H3. The number of hydrogen-bond acceptors (Lipinski definition) is 5. The Labute approximate surface area is 223 Å². The molecule has 0 amide bonds. The van der Waals surface area contributed by atoms with Gasteiger partial charge in [0.05, 0.1) is 23.2 Å². The minimum absolute atomic E-state index is 0.0125. The first kappa shape index (κ1) is 27.7. The molecular formula is C28H22F6N2O4. The Morgan fingerprint density at radius 3 is 2.27 bits per heavy atom. The second-order valence-corrected chi connectivity index (χ2v) is 9.48. The zero-order valence-corrected chi connectivity index (χ0v) is 20.9. The van der Waals surface area contributed by atoms with Gasteiger partial charge in [0.25, 0.3) is 11.2 Å². The fourth-order valence-corrected chi connectivity index (χ4v) is 4.42. The molecule has 5 rings (SSSR count). The molecule has 40 heavy (non-hydrogen) atoms. The molecule has 1 aliphatic heterocycles. The number of fused-ring (bicyclic) bond motifs is 1. The molecule has 0 aliphatic carbocycles. The topological polar surface area (TPSA) is 76.9 Å². The van der Waals surface area contributed by atoms with E-state index in [2.05, 4.69) is 4.98 Å². The number of epoxide rings is 1. The lowest BCUT2D eigenvalue weighted by Crippen LogP contribution is -2.54. The molecule has 0 radical (unpaired) electrons. The Bertz CT molecular complexity index is 1600. The van der Waals surface area contributed by atoms with Crippen molar-refractivity contribution in [3.8, 4) is 11.4 Å². The maximum Gasteiger partial charge on any atom is 0.430 e. The van der Waals surface area contributed by atoms with Crippen molar-refractivity contribution in [3.63, 3.8) is 0 Å². The largest absolute Gasteiger partial charge is 0.491 e. The summed E-state index contributed by atoms with van der Waals surface area (Å²) in [5, 5.41) is 9.99. The van der Waals surface area contributed by atoms with Gasteiger partial charge in [-0.15, -0.1) is 0 Å². The molecule has 6 nitrogen and oxygen atoms in total. The number of halogens is 6. The van der Waals surface area contributed by atoms with Gasteiger partial charge in [-0.3, -0.25) is 9.36 Å². The first-order valence-electron chi connectivity index (χ1n) is 12.1. The molecule has 1 aromatic heterocycles. The van der Waals surface area contributed by atoms with Gasteiger partial charge in [-0.1, -0.05) is 42.5 Å². The van der Waals surface area contributed by atoms with Gasteiger partial charge in [-0.25, -0.2) is 4.98 Å². The summed E-state index contributed by atoms with van der Waals surface area (Å²) >= 11 is 0. The number of nitrogens with zero attached hydrogens (tertiary/aromatic N) is 2. The van der Waals surface area contributed by atoms with Crippen LogP contribution in [0, 0.1) is 6.92 Å². The second-order valence-electron chi connectivity index (χ2n) is 9.48. The average molecular weight is 564 g/mol. The lowest BCUT2D eigenvalue weighted by Gasteiger charge is -2.33. The predicted octanol–water partition coefficient (Wildman–Crippen LogP) is 5.37. The van der Waals surface area contributed by atoms with Crippen molar-refractivity contribution in [1.82, 2.24) is 9.55 Å². The monoisotopic (exact) mass is 564 g/mol. The molecule has 4 aromatic rings. The van der Waals surface area contributed by atoms with Crippen LogP contribution in [-0.2, 0) is 16.8 Å². The molecule has 3 aromatic carbocycles. The van der Waals surface area contributed by atoms with Crippen molar-refractivity contribution < 1.29 is 40.9 Å². The molecule has 0 spiro atoms. The molecule has 12 heteroatoms. The number of aliphatic hydroxyl groups is 1. The van der Waals surface area contributed by atoms with Crippen LogP contribution in [0.2, 0.25) is 0 Å². The SMILES string of the molecule is Cc1cc(C(O)(C(F)(F)F)C(F)(F)F)ccc1-n1c(Cc2ccccc2)nc2ccc(OCC3CO3)cc2c1=O. The Kier molecular flexibility index (Phi) is 6.87. The van der Waals surface area contributed by atoms with Crippen LogP contribution in [0.3, 0.4) is 0 Å². The molecule has 210 valence electrons. The third-order valence-corrected chi connectivity index (χ3v) is 6.63. The maximum absolute atomic E-state index is 13.8. The summed E-state index contributed by atoms with van der Waals surface area (Å²) in [5.41, 5.74) is -6.11. The molecule has 1 N–H and O–H groups in total. The van der Waals surface area contributed by atoms with Gasteiger partial charge in [0.15, 0.2) is 0 Å². The molecule has 1 aliphatic rings. The van der Waals surface area contributed by atoms with Gasteiger partial charge in [-0.05, 0) is 42.3 Å². The lowest BCUT2D eigenvalue weighted by atomic mass is 9.90. The highest BCUT2D eigenvalue weighted by molar-refractivity contribution is 5.80. The van der Waals surface area contributed by atoms with Crippen LogP contribution >= 0.6 is 0 Å². The summed E-state index contributed by atoms with van der Waals surface area (Å²) in [6, 6.07) is 15.7. The first-order chi connectivity index (χ1) is 18.8. The summed E-state index contributed by atoms with van der Waals surface area (Å²) in [4.78, 5) is 18.4. The second kappa shape index (κ2) is 9.93. The van der Waals surface area contributed by atoms with Gasteiger partial charge < -0.3 is 14.6 Å². The van der Waals surface area contributed by atoms with Crippen LogP contribution in [-0.4, -0.2) is 46.3 Å². The first-order valence-corrected chi connectivity index (χ1v) is 12.1. The van der Waals surface area contributed by atoms with Crippen LogP contribution < -0.4 is 10.3 Å². The number of alkyl halides is 6. The average Bonchev–Trinajstić information content (AvgIpc) is 3.72. The summed E-state index contributed by atoms with van der Waals surface area (Å²) in [7, 11) is 0. The molecule has 1 fully saturated rings. The van der Waals surface area contributed by atoms with Gasteiger partial charge in [0.2, 0.25) is 0 Å². The van der Waals surface area contributed by atoms with Crippen LogP contribution in [0.1, 0.15) is 22.5 Å². The van der Waals surface area contributed by atoms with E-state index in [1.165, 1.54) is 13.0 Å². The van der Waals surface area contributed by atoms with E-state index in [1.807, 2.05) is 0 Å². The van der Waals surface area contributed by atoms with E-state index in [0.29, 0.717) is 30.0 Å². The van der Waals surface area contributed by atoms with Gasteiger partial charge in [0, 0.05) is 12.0 Å². The molecule has 1 unspecified atom stereocenters. The van der Waals surface area contributed by atoms with E-state index in [0.717, 1.165) is 16.2 Å². The highest BCUT2D eigenvalue weighted by Gasteiger charge is 2.71. The van der Waals surface area contributed by atoms with Gasteiger partial charge in [-0.2, -0.15) is 26.3 Å². The van der Waals surface area contributed by atoms with Gasteiger partial charge in [0.1, 0.15) is 24.3 Å². The number of aryl methyl sites for hydroxylation is 1. The fraction of sp³-hybridized carbons (Fsp3) is 0.286. The van der Waals surface area contributed by atoms with E-state index >= 15 is 0 Å². The maximum atomic E-state index is 13.8. The van der Waals surface area contributed by atoms with Crippen LogP contribution in [0.25, 0.3) is 16.6 Å².